The van der Waals surface area contributed by atoms with Crippen LogP contribution in [0.5, 0.6) is 0 Å². The van der Waals surface area contributed by atoms with Crippen molar-refractivity contribution in [1.29, 1.82) is 0 Å². The number of carbonyl (C=O) groups is 1. The Morgan fingerprint density at radius 3 is 2.83 bits per heavy atom. The second-order valence-corrected chi connectivity index (χ2v) is 10.8. The summed E-state index contributed by atoms with van der Waals surface area (Å²) < 4.78 is 1.90. The Morgan fingerprint density at radius 1 is 1.20 bits per heavy atom. The normalized spacial score (nSPS) is 10.9. The van der Waals surface area contributed by atoms with E-state index in [2.05, 4.69) is 31.2 Å². The molecule has 30 heavy (non-hydrogen) atoms. The molecule has 2 heterocycles. The molecule has 1 amide bonds. The number of aromatic nitrogens is 2. The zero-order valence-electron chi connectivity index (χ0n) is 15.5. The summed E-state index contributed by atoms with van der Waals surface area (Å²) >= 11 is 13.9. The van der Waals surface area contributed by atoms with Gasteiger partial charge in [0.2, 0.25) is 5.91 Å². The summed E-state index contributed by atoms with van der Waals surface area (Å²) in [4.78, 5) is 22.3. The third kappa shape index (κ3) is 5.92. The smallest absolute Gasteiger partial charge is 0.236 e. The van der Waals surface area contributed by atoms with Crippen molar-refractivity contribution >= 4 is 73.0 Å². The molecule has 2 aromatic carbocycles. The molecule has 9 heteroatoms. The van der Waals surface area contributed by atoms with Crippen molar-refractivity contribution < 1.29 is 4.79 Å². The van der Waals surface area contributed by atoms with Gasteiger partial charge in [-0.3, -0.25) is 4.79 Å². The van der Waals surface area contributed by atoms with Crippen LogP contribution >= 0.6 is 62.0 Å². The van der Waals surface area contributed by atoms with Gasteiger partial charge in [-0.2, -0.15) is 0 Å². The van der Waals surface area contributed by atoms with Crippen LogP contribution in [-0.4, -0.2) is 21.6 Å². The van der Waals surface area contributed by atoms with E-state index in [1.54, 1.807) is 6.20 Å². The van der Waals surface area contributed by atoms with E-state index in [9.17, 15) is 4.79 Å². The lowest BCUT2D eigenvalue weighted by atomic mass is 10.1. The van der Waals surface area contributed by atoms with E-state index < -0.39 is 0 Å². The lowest BCUT2D eigenvalue weighted by Gasteiger charge is -2.00. The van der Waals surface area contributed by atoms with Crippen LogP contribution in [0.3, 0.4) is 0 Å². The number of anilines is 1. The van der Waals surface area contributed by atoms with E-state index in [-0.39, 0.29) is 11.7 Å². The molecule has 0 fully saturated rings. The highest BCUT2D eigenvalue weighted by atomic mass is 79.9. The first-order valence-electron chi connectivity index (χ1n) is 8.88. The van der Waals surface area contributed by atoms with Crippen LogP contribution in [0.15, 0.2) is 68.9 Å². The Balaban J connectivity index is 1.29. The number of rotatable bonds is 7. The number of nitrogens with zero attached hydrogens (tertiary/aromatic N) is 2. The molecule has 2 aromatic heterocycles. The van der Waals surface area contributed by atoms with Gasteiger partial charge in [-0.05, 0) is 29.8 Å². The zero-order valence-corrected chi connectivity index (χ0v) is 20.3. The second kappa shape index (κ2) is 10.1. The van der Waals surface area contributed by atoms with Crippen LogP contribution < -0.4 is 5.32 Å². The molecular weight excluding hydrogens is 522 g/mol. The van der Waals surface area contributed by atoms with Crippen molar-refractivity contribution in [1.82, 2.24) is 9.97 Å². The highest BCUT2D eigenvalue weighted by molar-refractivity contribution is 9.10. The van der Waals surface area contributed by atoms with Crippen molar-refractivity contribution in [3.05, 3.63) is 80.0 Å². The fourth-order valence-electron chi connectivity index (χ4n) is 2.65. The number of carbonyl (C=O) groups excluding carboxylic acids is 1. The molecule has 0 radical (unpaired) electrons. The maximum Gasteiger partial charge on any atom is 0.236 e. The molecule has 1 N–H and O–H groups in total. The first-order chi connectivity index (χ1) is 14.5. The Hall–Kier alpha value is -1.71. The lowest BCUT2D eigenvalue weighted by Crippen LogP contribution is -2.13. The van der Waals surface area contributed by atoms with Gasteiger partial charge in [-0.1, -0.05) is 63.6 Å². The highest BCUT2D eigenvalue weighted by Crippen LogP contribution is 2.29. The molecule has 0 saturated heterocycles. The fourth-order valence-corrected chi connectivity index (χ4v) is 5.63. The quantitative estimate of drug-likeness (QED) is 0.258. The second-order valence-electron chi connectivity index (χ2n) is 6.28. The van der Waals surface area contributed by atoms with Gasteiger partial charge < -0.3 is 5.32 Å². The van der Waals surface area contributed by atoms with Gasteiger partial charge in [0, 0.05) is 37.9 Å². The van der Waals surface area contributed by atoms with Crippen molar-refractivity contribution in [2.24, 2.45) is 0 Å². The topological polar surface area (TPSA) is 54.9 Å². The van der Waals surface area contributed by atoms with Gasteiger partial charge in [-0.15, -0.1) is 22.7 Å². The van der Waals surface area contributed by atoms with Crippen molar-refractivity contribution in [2.75, 3.05) is 11.1 Å². The molecule has 0 bridgehead atoms. The molecular formula is C21H15BrClN3OS3. The van der Waals surface area contributed by atoms with E-state index in [1.165, 1.54) is 34.4 Å². The van der Waals surface area contributed by atoms with Gasteiger partial charge in [-0.25, -0.2) is 9.97 Å². The molecule has 0 unspecified atom stereocenters. The molecule has 152 valence electrons. The van der Waals surface area contributed by atoms with E-state index in [4.69, 9.17) is 11.6 Å². The first-order valence-corrected chi connectivity index (χ1v) is 12.7. The maximum absolute atomic E-state index is 12.3. The molecule has 0 saturated carbocycles. The summed E-state index contributed by atoms with van der Waals surface area (Å²) in [7, 11) is 0. The van der Waals surface area contributed by atoms with Crippen LogP contribution in [0.4, 0.5) is 5.13 Å². The largest absolute Gasteiger partial charge is 0.301 e. The Bertz CT molecular complexity index is 1160. The standard InChI is InChI=1S/C21H15BrClN3OS3/c22-15-6-4-14(5-7-15)18-11-28-21(25-18)29-12-19(27)26-20-24-10-17(30-20)9-13-2-1-3-16(23)8-13/h1-8,10-11H,9,12H2,(H,24,26,27). The van der Waals surface area contributed by atoms with Crippen LogP contribution in [0.1, 0.15) is 10.4 Å². The number of thiazole rings is 2. The van der Waals surface area contributed by atoms with E-state index >= 15 is 0 Å². The van der Waals surface area contributed by atoms with E-state index in [1.807, 2.05) is 53.9 Å². The summed E-state index contributed by atoms with van der Waals surface area (Å²) in [6.45, 7) is 0. The van der Waals surface area contributed by atoms with Gasteiger partial charge in [0.05, 0.1) is 11.4 Å². The van der Waals surface area contributed by atoms with E-state index in [0.29, 0.717) is 10.2 Å². The number of nitrogens with one attached hydrogen (secondary N) is 1. The highest BCUT2D eigenvalue weighted by Gasteiger charge is 2.11. The van der Waals surface area contributed by atoms with Crippen LogP contribution in [0, 0.1) is 0 Å². The van der Waals surface area contributed by atoms with Crippen LogP contribution in [0.2, 0.25) is 5.02 Å². The third-order valence-corrected chi connectivity index (χ3v) is 7.71. The number of amides is 1. The summed E-state index contributed by atoms with van der Waals surface area (Å²) in [6.07, 6.45) is 2.53. The number of hydrogen-bond donors (Lipinski definition) is 1. The van der Waals surface area contributed by atoms with Crippen molar-refractivity contribution in [3.8, 4) is 11.3 Å². The molecule has 0 spiro atoms. The minimum Gasteiger partial charge on any atom is -0.301 e. The minimum atomic E-state index is -0.0935. The molecule has 0 aliphatic carbocycles. The van der Waals surface area contributed by atoms with Gasteiger partial charge >= 0.3 is 0 Å². The van der Waals surface area contributed by atoms with Crippen molar-refractivity contribution in [3.63, 3.8) is 0 Å². The predicted molar refractivity (Wildman–Crippen MR) is 131 cm³/mol. The first kappa shape index (κ1) is 21.5. The van der Waals surface area contributed by atoms with Gasteiger partial charge in [0.1, 0.15) is 0 Å². The summed E-state index contributed by atoms with van der Waals surface area (Å²) in [6, 6.07) is 15.8. The number of benzene rings is 2. The lowest BCUT2D eigenvalue weighted by molar-refractivity contribution is -0.113. The SMILES string of the molecule is O=C(CSc1nc(-c2ccc(Br)cc2)cs1)Nc1ncc(Cc2cccc(Cl)c2)s1. The monoisotopic (exact) mass is 535 g/mol. The van der Waals surface area contributed by atoms with Gasteiger partial charge in [0.15, 0.2) is 9.47 Å². The number of hydrogen-bond acceptors (Lipinski definition) is 6. The maximum atomic E-state index is 12.3. The molecule has 0 aliphatic rings. The molecule has 0 aliphatic heterocycles. The zero-order chi connectivity index (χ0) is 20.9. The molecule has 0 atom stereocenters. The predicted octanol–water partition coefficient (Wildman–Crippen LogP) is 7.00. The summed E-state index contributed by atoms with van der Waals surface area (Å²) in [5.41, 5.74) is 3.09. The minimum absolute atomic E-state index is 0.0935. The molecule has 4 nitrogen and oxygen atoms in total. The average Bonchev–Trinajstić information content (AvgIpc) is 3.37. The Kier molecular flexibility index (Phi) is 7.22. The third-order valence-electron chi connectivity index (χ3n) is 4.02. The number of halogens is 2. The molecule has 4 aromatic rings. The Morgan fingerprint density at radius 2 is 2.03 bits per heavy atom. The van der Waals surface area contributed by atoms with Crippen LogP contribution in [-0.2, 0) is 11.2 Å². The summed E-state index contributed by atoms with van der Waals surface area (Å²) in [5.74, 6) is 0.195. The molecule has 4 rings (SSSR count). The van der Waals surface area contributed by atoms with E-state index in [0.717, 1.165) is 36.9 Å². The average molecular weight is 537 g/mol. The van der Waals surface area contributed by atoms with Crippen molar-refractivity contribution in [2.45, 2.75) is 10.8 Å². The fraction of sp³-hybridized carbons (Fsp3) is 0.0952. The summed E-state index contributed by atoms with van der Waals surface area (Å²) in [5, 5.41) is 6.19. The van der Waals surface area contributed by atoms with Crippen LogP contribution in [0.25, 0.3) is 11.3 Å². The van der Waals surface area contributed by atoms with Gasteiger partial charge in [0.25, 0.3) is 0 Å². The Labute approximate surface area is 199 Å². The number of thioether (sulfide) groups is 1.